The van der Waals surface area contributed by atoms with Gasteiger partial charge in [-0.1, -0.05) is 0 Å². The van der Waals surface area contributed by atoms with Crippen molar-refractivity contribution in [1.29, 1.82) is 5.26 Å². The first-order chi connectivity index (χ1) is 7.10. The van der Waals surface area contributed by atoms with E-state index in [1.165, 1.54) is 6.07 Å². The molecule has 1 aromatic rings. The Kier molecular flexibility index (Phi) is 3.69. The first kappa shape index (κ1) is 11.5. The van der Waals surface area contributed by atoms with Crippen molar-refractivity contribution in [3.05, 3.63) is 29.1 Å². The van der Waals surface area contributed by atoms with Gasteiger partial charge in [-0.15, -0.1) is 12.6 Å². The lowest BCUT2D eigenvalue weighted by molar-refractivity contribution is 0.0525. The SMILES string of the molecule is CCOC(=O)c1cc(F)c(S)c(C#N)c1. The number of thiol groups is 1. The zero-order valence-corrected chi connectivity index (χ0v) is 8.85. The Labute approximate surface area is 91.9 Å². The van der Waals surface area contributed by atoms with Gasteiger partial charge in [-0.2, -0.15) is 5.26 Å². The van der Waals surface area contributed by atoms with Crippen molar-refractivity contribution in [2.45, 2.75) is 11.8 Å². The number of esters is 1. The molecule has 0 aliphatic carbocycles. The normalized spacial score (nSPS) is 9.47. The van der Waals surface area contributed by atoms with Crippen LogP contribution in [-0.2, 0) is 4.74 Å². The monoisotopic (exact) mass is 225 g/mol. The van der Waals surface area contributed by atoms with E-state index in [0.29, 0.717) is 0 Å². The fourth-order valence-electron chi connectivity index (χ4n) is 1.02. The highest BCUT2D eigenvalue weighted by Crippen LogP contribution is 2.20. The number of nitriles is 1. The molecule has 0 fully saturated rings. The van der Waals surface area contributed by atoms with E-state index in [4.69, 9.17) is 5.26 Å². The van der Waals surface area contributed by atoms with Crippen molar-refractivity contribution >= 4 is 18.6 Å². The molecule has 0 aliphatic heterocycles. The molecule has 0 aliphatic rings. The Morgan fingerprint density at radius 3 is 2.87 bits per heavy atom. The van der Waals surface area contributed by atoms with Gasteiger partial charge in [-0.25, -0.2) is 9.18 Å². The minimum absolute atomic E-state index is 0.0152. The topological polar surface area (TPSA) is 50.1 Å². The molecule has 0 atom stereocenters. The van der Waals surface area contributed by atoms with Crippen LogP contribution in [0.15, 0.2) is 17.0 Å². The van der Waals surface area contributed by atoms with Gasteiger partial charge in [0.15, 0.2) is 0 Å². The Morgan fingerprint density at radius 2 is 2.33 bits per heavy atom. The molecule has 5 heteroatoms. The van der Waals surface area contributed by atoms with Crippen molar-refractivity contribution in [2.24, 2.45) is 0 Å². The maximum atomic E-state index is 13.2. The number of halogens is 1. The molecular weight excluding hydrogens is 217 g/mol. The average molecular weight is 225 g/mol. The Balaban J connectivity index is 3.18. The van der Waals surface area contributed by atoms with E-state index in [2.05, 4.69) is 17.4 Å². The number of carbonyl (C=O) groups is 1. The fraction of sp³-hybridized carbons (Fsp3) is 0.200. The van der Waals surface area contributed by atoms with Crippen LogP contribution in [0.4, 0.5) is 4.39 Å². The number of ether oxygens (including phenoxy) is 1. The van der Waals surface area contributed by atoms with Gasteiger partial charge in [-0.3, -0.25) is 0 Å². The van der Waals surface area contributed by atoms with Crippen LogP contribution in [-0.4, -0.2) is 12.6 Å². The maximum absolute atomic E-state index is 13.2. The summed E-state index contributed by atoms with van der Waals surface area (Å²) in [7, 11) is 0. The van der Waals surface area contributed by atoms with Crippen LogP contribution in [0.2, 0.25) is 0 Å². The molecule has 0 radical (unpaired) electrons. The quantitative estimate of drug-likeness (QED) is 0.619. The summed E-state index contributed by atoms with van der Waals surface area (Å²) in [6.07, 6.45) is 0. The number of nitrogens with zero attached hydrogens (tertiary/aromatic N) is 1. The van der Waals surface area contributed by atoms with E-state index in [9.17, 15) is 9.18 Å². The summed E-state index contributed by atoms with van der Waals surface area (Å²) in [4.78, 5) is 11.2. The lowest BCUT2D eigenvalue weighted by Crippen LogP contribution is -2.06. The fourth-order valence-corrected chi connectivity index (χ4v) is 1.20. The van der Waals surface area contributed by atoms with Crippen molar-refractivity contribution in [2.75, 3.05) is 6.61 Å². The second kappa shape index (κ2) is 4.80. The molecule has 0 saturated heterocycles. The van der Waals surface area contributed by atoms with E-state index in [1.54, 1.807) is 13.0 Å². The third-order valence-electron chi connectivity index (χ3n) is 1.69. The highest BCUT2D eigenvalue weighted by atomic mass is 32.1. The number of hydrogen-bond donors (Lipinski definition) is 1. The molecule has 0 amide bonds. The van der Waals surface area contributed by atoms with E-state index < -0.39 is 11.8 Å². The molecule has 0 spiro atoms. The summed E-state index contributed by atoms with van der Waals surface area (Å²) in [6.45, 7) is 1.84. The summed E-state index contributed by atoms with van der Waals surface area (Å²) in [6, 6.07) is 4.00. The first-order valence-electron chi connectivity index (χ1n) is 4.19. The minimum Gasteiger partial charge on any atom is -0.462 e. The van der Waals surface area contributed by atoms with Crippen LogP contribution >= 0.6 is 12.6 Å². The largest absolute Gasteiger partial charge is 0.462 e. The molecule has 1 rings (SSSR count). The number of benzene rings is 1. The Hall–Kier alpha value is -1.54. The Bertz CT molecular complexity index is 440. The van der Waals surface area contributed by atoms with Gasteiger partial charge >= 0.3 is 5.97 Å². The molecule has 1 aromatic carbocycles. The predicted octanol–water partition coefficient (Wildman–Crippen LogP) is 2.16. The van der Waals surface area contributed by atoms with E-state index >= 15 is 0 Å². The third-order valence-corrected chi connectivity index (χ3v) is 2.15. The second-order valence-electron chi connectivity index (χ2n) is 2.69. The van der Waals surface area contributed by atoms with Crippen LogP contribution < -0.4 is 0 Å². The summed E-state index contributed by atoms with van der Waals surface area (Å²) in [5.41, 5.74) is 0.0325. The van der Waals surface area contributed by atoms with Gasteiger partial charge in [-0.05, 0) is 19.1 Å². The summed E-state index contributed by atoms with van der Waals surface area (Å²) < 4.78 is 17.9. The second-order valence-corrected chi connectivity index (χ2v) is 3.13. The summed E-state index contributed by atoms with van der Waals surface area (Å²) in [5.74, 6) is -1.36. The van der Waals surface area contributed by atoms with Gasteiger partial charge in [0, 0.05) is 0 Å². The zero-order valence-electron chi connectivity index (χ0n) is 7.95. The molecule has 78 valence electrons. The molecule has 0 N–H and O–H groups in total. The standard InChI is InChI=1S/C10H8FNO2S/c1-2-14-10(13)6-3-7(5-12)9(15)8(11)4-6/h3-4,15H,2H2,1H3. The molecule has 0 saturated carbocycles. The van der Waals surface area contributed by atoms with Gasteiger partial charge in [0.05, 0.1) is 22.6 Å². The lowest BCUT2D eigenvalue weighted by Gasteiger charge is -2.04. The molecule has 3 nitrogen and oxygen atoms in total. The molecule has 0 heterocycles. The van der Waals surface area contributed by atoms with Crippen LogP contribution in [0.1, 0.15) is 22.8 Å². The van der Waals surface area contributed by atoms with Gasteiger partial charge in [0.25, 0.3) is 0 Å². The van der Waals surface area contributed by atoms with E-state index in [1.807, 2.05) is 0 Å². The molecule has 0 unspecified atom stereocenters. The molecule has 0 aromatic heterocycles. The van der Waals surface area contributed by atoms with Gasteiger partial charge in [0.1, 0.15) is 11.9 Å². The van der Waals surface area contributed by atoms with Crippen LogP contribution in [0, 0.1) is 17.1 Å². The highest BCUT2D eigenvalue weighted by molar-refractivity contribution is 7.80. The minimum atomic E-state index is -0.708. The number of hydrogen-bond acceptors (Lipinski definition) is 4. The van der Waals surface area contributed by atoms with Crippen LogP contribution in [0.3, 0.4) is 0 Å². The smallest absolute Gasteiger partial charge is 0.338 e. The predicted molar refractivity (Wildman–Crippen MR) is 54.3 cm³/mol. The van der Waals surface area contributed by atoms with Crippen molar-refractivity contribution in [1.82, 2.24) is 0 Å². The Morgan fingerprint density at radius 1 is 1.67 bits per heavy atom. The van der Waals surface area contributed by atoms with Gasteiger partial charge < -0.3 is 4.74 Å². The molecule has 0 bridgehead atoms. The van der Waals surface area contributed by atoms with Crippen molar-refractivity contribution in [3.8, 4) is 6.07 Å². The van der Waals surface area contributed by atoms with Crippen molar-refractivity contribution < 1.29 is 13.9 Å². The first-order valence-corrected chi connectivity index (χ1v) is 4.64. The van der Waals surface area contributed by atoms with Crippen molar-refractivity contribution in [3.63, 3.8) is 0 Å². The van der Waals surface area contributed by atoms with Gasteiger partial charge in [0.2, 0.25) is 0 Å². The van der Waals surface area contributed by atoms with Crippen LogP contribution in [0.5, 0.6) is 0 Å². The number of rotatable bonds is 2. The third kappa shape index (κ3) is 2.48. The maximum Gasteiger partial charge on any atom is 0.338 e. The lowest BCUT2D eigenvalue weighted by atomic mass is 10.1. The molecule has 15 heavy (non-hydrogen) atoms. The van der Waals surface area contributed by atoms with E-state index in [0.717, 1.165) is 6.07 Å². The average Bonchev–Trinajstić information content (AvgIpc) is 2.22. The van der Waals surface area contributed by atoms with Crippen LogP contribution in [0.25, 0.3) is 0 Å². The zero-order chi connectivity index (χ0) is 11.4. The van der Waals surface area contributed by atoms with E-state index in [-0.39, 0.29) is 22.6 Å². The number of carbonyl (C=O) groups excluding carboxylic acids is 1. The molecular formula is C10H8FNO2S. The summed E-state index contributed by atoms with van der Waals surface area (Å²) in [5, 5.41) is 8.66. The highest BCUT2D eigenvalue weighted by Gasteiger charge is 2.13. The summed E-state index contributed by atoms with van der Waals surface area (Å²) >= 11 is 3.81.